The number of hydrogen-bond acceptors (Lipinski definition) is 2. The van der Waals surface area contributed by atoms with E-state index in [0.717, 1.165) is 24.6 Å². The Morgan fingerprint density at radius 3 is 1.79 bits per heavy atom. The molecule has 0 radical (unpaired) electrons. The Balaban J connectivity index is 5.11. The summed E-state index contributed by atoms with van der Waals surface area (Å²) < 4.78 is 0. The van der Waals surface area contributed by atoms with Crippen molar-refractivity contribution in [2.45, 2.75) is 57.5 Å². The number of nitrogens with zero attached hydrogens (tertiary/aromatic N) is 1. The van der Waals surface area contributed by atoms with Gasteiger partial charge in [0, 0.05) is 13.3 Å². The Hall–Kier alpha value is -0.153. The van der Waals surface area contributed by atoms with Crippen LogP contribution in [0.5, 0.6) is 0 Å². The van der Waals surface area contributed by atoms with Crippen molar-refractivity contribution in [2.24, 2.45) is 4.99 Å². The van der Waals surface area contributed by atoms with Crippen LogP contribution in [0.25, 0.3) is 0 Å². The summed E-state index contributed by atoms with van der Waals surface area (Å²) in [6, 6.07) is 3.41. The maximum atomic E-state index is 10.6. The van der Waals surface area contributed by atoms with Crippen LogP contribution in [0.15, 0.2) is 4.99 Å². The van der Waals surface area contributed by atoms with Crippen LogP contribution in [0.1, 0.15) is 34.1 Å². The first kappa shape index (κ1) is 13.8. The largest absolute Gasteiger partial charge is 0.388 e. The fourth-order valence-electron chi connectivity index (χ4n) is 2.49. The van der Waals surface area contributed by atoms with Crippen LogP contribution < -0.4 is 0 Å². The van der Waals surface area contributed by atoms with Crippen LogP contribution >= 0.6 is 0 Å². The Bertz CT molecular complexity index is 181. The summed E-state index contributed by atoms with van der Waals surface area (Å²) in [6.07, 6.45) is 2.59. The summed E-state index contributed by atoms with van der Waals surface area (Å²) in [7, 11) is 0.165. The average Bonchev–Trinajstić information content (AvgIpc) is 2.21. The Kier molecular flexibility index (Phi) is 5.60. The fourth-order valence-corrected chi connectivity index (χ4v) is 6.97. The SMILES string of the molecule is CCC(O)(C=NC)[Si](CC)(CC)CC. The number of aliphatic hydroxyl groups is 1. The normalized spacial score (nSPS) is 17.3. The molecule has 0 heterocycles. The van der Waals surface area contributed by atoms with Gasteiger partial charge >= 0.3 is 0 Å². The van der Waals surface area contributed by atoms with Crippen molar-refractivity contribution in [3.8, 4) is 0 Å². The van der Waals surface area contributed by atoms with Crippen LogP contribution in [0.4, 0.5) is 0 Å². The van der Waals surface area contributed by atoms with Gasteiger partial charge in [-0.15, -0.1) is 0 Å². The van der Waals surface area contributed by atoms with E-state index < -0.39 is 13.3 Å². The molecular weight excluding hydrogens is 190 g/mol. The first-order valence-electron chi connectivity index (χ1n) is 5.71. The van der Waals surface area contributed by atoms with Crippen molar-refractivity contribution < 1.29 is 5.11 Å². The van der Waals surface area contributed by atoms with Crippen molar-refractivity contribution in [3.63, 3.8) is 0 Å². The zero-order valence-electron chi connectivity index (χ0n) is 10.3. The van der Waals surface area contributed by atoms with Crippen LogP contribution in [-0.4, -0.2) is 31.7 Å². The summed E-state index contributed by atoms with van der Waals surface area (Å²) in [5, 5.41) is 10.0. The molecular formula is C11H25NOSi. The van der Waals surface area contributed by atoms with Crippen molar-refractivity contribution in [3.05, 3.63) is 0 Å². The Labute approximate surface area is 89.5 Å². The van der Waals surface area contributed by atoms with E-state index in [-0.39, 0.29) is 0 Å². The minimum atomic E-state index is -1.59. The van der Waals surface area contributed by atoms with E-state index in [9.17, 15) is 5.11 Å². The lowest BCUT2D eigenvalue weighted by atomic mass is 10.3. The molecule has 0 fully saturated rings. The lowest BCUT2D eigenvalue weighted by Crippen LogP contribution is -2.58. The Morgan fingerprint density at radius 2 is 1.57 bits per heavy atom. The topological polar surface area (TPSA) is 32.6 Å². The molecule has 14 heavy (non-hydrogen) atoms. The first-order chi connectivity index (χ1) is 6.55. The second kappa shape index (κ2) is 5.66. The molecule has 0 aliphatic heterocycles. The van der Waals surface area contributed by atoms with Gasteiger partial charge in [0.2, 0.25) is 0 Å². The summed E-state index contributed by atoms with van der Waals surface area (Å²) >= 11 is 0. The fraction of sp³-hybridized carbons (Fsp3) is 0.909. The van der Waals surface area contributed by atoms with Gasteiger partial charge in [-0.1, -0.05) is 45.8 Å². The third-order valence-electron chi connectivity index (χ3n) is 3.83. The van der Waals surface area contributed by atoms with Gasteiger partial charge < -0.3 is 5.11 Å². The van der Waals surface area contributed by atoms with Crippen molar-refractivity contribution >= 4 is 14.3 Å². The van der Waals surface area contributed by atoms with Gasteiger partial charge in [-0.25, -0.2) is 0 Å². The molecule has 0 aliphatic rings. The molecule has 0 spiro atoms. The molecule has 2 nitrogen and oxygen atoms in total. The second-order valence-corrected chi connectivity index (χ2v) is 9.55. The molecule has 1 atom stereocenters. The highest BCUT2D eigenvalue weighted by Gasteiger charge is 2.46. The molecule has 0 saturated carbocycles. The maximum absolute atomic E-state index is 10.6. The van der Waals surface area contributed by atoms with Crippen LogP contribution in [-0.2, 0) is 0 Å². The monoisotopic (exact) mass is 215 g/mol. The van der Waals surface area contributed by atoms with Crippen LogP contribution in [0, 0.1) is 0 Å². The van der Waals surface area contributed by atoms with Crippen LogP contribution in [0.3, 0.4) is 0 Å². The molecule has 1 unspecified atom stereocenters. The van der Waals surface area contributed by atoms with Gasteiger partial charge in [0.05, 0.1) is 13.3 Å². The molecule has 0 rings (SSSR count). The molecule has 0 amide bonds. The first-order valence-corrected chi connectivity index (χ1v) is 8.33. The molecule has 3 heteroatoms. The predicted molar refractivity (Wildman–Crippen MR) is 66.9 cm³/mol. The summed E-state index contributed by atoms with van der Waals surface area (Å²) in [6.45, 7) is 8.69. The molecule has 0 aromatic carbocycles. The quantitative estimate of drug-likeness (QED) is 0.536. The molecule has 0 aromatic heterocycles. The van der Waals surface area contributed by atoms with Gasteiger partial charge in [0.25, 0.3) is 0 Å². The highest BCUT2D eigenvalue weighted by Crippen LogP contribution is 2.33. The molecule has 0 aromatic rings. The number of rotatable bonds is 6. The van der Waals surface area contributed by atoms with E-state index in [1.54, 1.807) is 13.3 Å². The third kappa shape index (κ3) is 2.26. The summed E-state index contributed by atoms with van der Waals surface area (Å²) in [5.74, 6) is 0. The molecule has 1 N–H and O–H groups in total. The lowest BCUT2D eigenvalue weighted by molar-refractivity contribution is 0.183. The standard InChI is InChI=1S/C11H25NOSi/c1-6-11(13,10-12-5)14(7-2,8-3)9-4/h10,13H,6-9H2,1-5H3. The number of aliphatic imine (C=N–C) groups is 1. The maximum Gasteiger partial charge on any atom is 0.0973 e. The highest BCUT2D eigenvalue weighted by molar-refractivity contribution is 6.84. The van der Waals surface area contributed by atoms with E-state index in [4.69, 9.17) is 0 Å². The molecule has 0 bridgehead atoms. The molecule has 84 valence electrons. The van der Waals surface area contributed by atoms with E-state index >= 15 is 0 Å². The van der Waals surface area contributed by atoms with Gasteiger partial charge in [0.1, 0.15) is 0 Å². The van der Waals surface area contributed by atoms with Gasteiger partial charge in [-0.2, -0.15) is 0 Å². The number of hydrogen-bond donors (Lipinski definition) is 1. The van der Waals surface area contributed by atoms with Crippen molar-refractivity contribution in [1.82, 2.24) is 0 Å². The minimum absolute atomic E-state index is 0.597. The van der Waals surface area contributed by atoms with Gasteiger partial charge in [-0.05, 0) is 6.42 Å². The highest BCUT2D eigenvalue weighted by atomic mass is 28.3. The zero-order chi connectivity index (χ0) is 11.2. The van der Waals surface area contributed by atoms with E-state index in [2.05, 4.69) is 32.7 Å². The smallest absolute Gasteiger partial charge is 0.0973 e. The van der Waals surface area contributed by atoms with Gasteiger partial charge in [-0.3, -0.25) is 4.99 Å². The van der Waals surface area contributed by atoms with E-state index in [1.165, 1.54) is 0 Å². The van der Waals surface area contributed by atoms with E-state index in [1.807, 2.05) is 0 Å². The Morgan fingerprint density at radius 1 is 1.14 bits per heavy atom. The summed E-state index contributed by atoms with van der Waals surface area (Å²) in [4.78, 5) is 4.05. The molecule has 0 saturated heterocycles. The third-order valence-corrected chi connectivity index (χ3v) is 10.2. The van der Waals surface area contributed by atoms with Gasteiger partial charge in [0.15, 0.2) is 0 Å². The summed E-state index contributed by atoms with van der Waals surface area (Å²) in [5.41, 5.74) is 0. The van der Waals surface area contributed by atoms with Crippen molar-refractivity contribution in [2.75, 3.05) is 7.05 Å². The van der Waals surface area contributed by atoms with E-state index in [0.29, 0.717) is 0 Å². The zero-order valence-corrected chi connectivity index (χ0v) is 11.3. The second-order valence-electron chi connectivity index (χ2n) is 4.01. The predicted octanol–water partition coefficient (Wildman–Crippen LogP) is 2.88. The average molecular weight is 215 g/mol. The minimum Gasteiger partial charge on any atom is -0.388 e. The molecule has 0 aliphatic carbocycles. The lowest BCUT2D eigenvalue weighted by Gasteiger charge is -2.42. The van der Waals surface area contributed by atoms with Crippen molar-refractivity contribution in [1.29, 1.82) is 0 Å². The van der Waals surface area contributed by atoms with Crippen LogP contribution in [0.2, 0.25) is 18.1 Å².